The highest BCUT2D eigenvalue weighted by Gasteiger charge is 2.09. The zero-order valence-electron chi connectivity index (χ0n) is 7.18. The molecule has 14 heavy (non-hydrogen) atoms. The molecule has 1 aromatic rings. The van der Waals surface area contributed by atoms with Gasteiger partial charge in [-0.25, -0.2) is 13.6 Å². The van der Waals surface area contributed by atoms with Crippen molar-refractivity contribution in [2.75, 3.05) is 5.32 Å². The number of benzene rings is 1. The monoisotopic (exact) mass is 201 g/mol. The first-order valence-electron chi connectivity index (χ1n) is 3.79. The van der Waals surface area contributed by atoms with Crippen LogP contribution in [0.2, 0.25) is 0 Å². The van der Waals surface area contributed by atoms with Crippen LogP contribution in [0, 0.1) is 11.6 Å². The van der Waals surface area contributed by atoms with Gasteiger partial charge in [-0.1, -0.05) is 0 Å². The van der Waals surface area contributed by atoms with E-state index >= 15 is 0 Å². The van der Waals surface area contributed by atoms with Crippen LogP contribution in [-0.2, 0) is 6.54 Å². The minimum Gasteiger partial charge on any atom is -0.351 e. The fourth-order valence-electron chi connectivity index (χ4n) is 1.01. The lowest BCUT2D eigenvalue weighted by Gasteiger charge is -2.08. The van der Waals surface area contributed by atoms with Crippen LogP contribution in [0.25, 0.3) is 0 Å². The van der Waals surface area contributed by atoms with E-state index < -0.39 is 17.7 Å². The van der Waals surface area contributed by atoms with Crippen molar-refractivity contribution in [2.24, 2.45) is 11.5 Å². The molecule has 0 atom stereocenters. The van der Waals surface area contributed by atoms with Crippen LogP contribution in [0.3, 0.4) is 0 Å². The average molecular weight is 201 g/mol. The van der Waals surface area contributed by atoms with E-state index in [-0.39, 0.29) is 17.8 Å². The summed E-state index contributed by atoms with van der Waals surface area (Å²) in [5.41, 5.74) is 10.5. The Hall–Kier alpha value is -1.69. The lowest BCUT2D eigenvalue weighted by Crippen LogP contribution is -2.21. The predicted molar refractivity (Wildman–Crippen MR) is 47.5 cm³/mol. The number of carbonyl (C=O) groups is 1. The highest BCUT2D eigenvalue weighted by Crippen LogP contribution is 2.19. The summed E-state index contributed by atoms with van der Waals surface area (Å²) in [6.45, 7) is -0.0210. The van der Waals surface area contributed by atoms with E-state index in [1.165, 1.54) is 0 Å². The first-order valence-corrected chi connectivity index (χ1v) is 3.79. The minimum absolute atomic E-state index is 0.0210. The normalized spacial score (nSPS) is 9.93. The van der Waals surface area contributed by atoms with Gasteiger partial charge in [0.15, 0.2) is 11.6 Å². The molecule has 1 rings (SSSR count). The Kier molecular flexibility index (Phi) is 2.98. The van der Waals surface area contributed by atoms with Crippen LogP contribution in [0.4, 0.5) is 19.3 Å². The molecule has 0 aliphatic carbocycles. The molecule has 76 valence electrons. The van der Waals surface area contributed by atoms with Crippen molar-refractivity contribution in [3.8, 4) is 0 Å². The number of halogens is 2. The van der Waals surface area contributed by atoms with Gasteiger partial charge in [-0.15, -0.1) is 0 Å². The molecule has 0 saturated carbocycles. The Labute approximate surface area is 78.9 Å². The molecule has 0 fully saturated rings. The van der Waals surface area contributed by atoms with E-state index in [2.05, 4.69) is 5.32 Å². The lowest BCUT2D eigenvalue weighted by atomic mass is 10.1. The number of primary amides is 1. The number of hydrogen-bond donors (Lipinski definition) is 3. The van der Waals surface area contributed by atoms with Gasteiger partial charge in [0.2, 0.25) is 0 Å². The zero-order chi connectivity index (χ0) is 10.7. The Balaban J connectivity index is 3.13. The van der Waals surface area contributed by atoms with Gasteiger partial charge in [-0.2, -0.15) is 0 Å². The fourth-order valence-corrected chi connectivity index (χ4v) is 1.01. The van der Waals surface area contributed by atoms with Gasteiger partial charge in [0.05, 0.1) is 0 Å². The van der Waals surface area contributed by atoms with Gasteiger partial charge in [0.25, 0.3) is 0 Å². The second-order valence-corrected chi connectivity index (χ2v) is 2.62. The van der Waals surface area contributed by atoms with Crippen molar-refractivity contribution in [1.82, 2.24) is 0 Å². The maximum atomic E-state index is 12.7. The molecule has 0 spiro atoms. The number of rotatable bonds is 2. The van der Waals surface area contributed by atoms with Crippen molar-refractivity contribution in [2.45, 2.75) is 6.54 Å². The maximum Gasteiger partial charge on any atom is 0.316 e. The summed E-state index contributed by atoms with van der Waals surface area (Å²) >= 11 is 0. The van der Waals surface area contributed by atoms with E-state index in [0.29, 0.717) is 0 Å². The first kappa shape index (κ1) is 10.4. The number of hydrogen-bond acceptors (Lipinski definition) is 2. The predicted octanol–water partition coefficient (Wildman–Crippen LogP) is 0.914. The van der Waals surface area contributed by atoms with Crippen molar-refractivity contribution in [1.29, 1.82) is 0 Å². The third kappa shape index (κ3) is 2.17. The molecule has 0 heterocycles. The molecule has 0 aliphatic rings. The molecule has 0 bridgehead atoms. The van der Waals surface area contributed by atoms with Gasteiger partial charge >= 0.3 is 6.03 Å². The fraction of sp³-hybridized carbons (Fsp3) is 0.125. The summed E-state index contributed by atoms with van der Waals surface area (Å²) in [4.78, 5) is 10.5. The summed E-state index contributed by atoms with van der Waals surface area (Å²) in [5, 5.41) is 2.14. The zero-order valence-corrected chi connectivity index (χ0v) is 7.18. The van der Waals surface area contributed by atoms with Crippen molar-refractivity contribution in [3.05, 3.63) is 29.3 Å². The van der Waals surface area contributed by atoms with Gasteiger partial charge in [0, 0.05) is 18.3 Å². The average Bonchev–Trinajstić information content (AvgIpc) is 2.10. The molecular weight excluding hydrogens is 192 g/mol. The summed E-state index contributed by atoms with van der Waals surface area (Å²) < 4.78 is 25.4. The summed E-state index contributed by atoms with van der Waals surface area (Å²) in [6.07, 6.45) is 0. The van der Waals surface area contributed by atoms with Crippen molar-refractivity contribution >= 4 is 11.7 Å². The van der Waals surface area contributed by atoms with Crippen LogP contribution in [0.5, 0.6) is 0 Å². The molecule has 0 saturated heterocycles. The third-order valence-corrected chi connectivity index (χ3v) is 1.62. The van der Waals surface area contributed by atoms with E-state index in [0.717, 1.165) is 12.1 Å². The van der Waals surface area contributed by atoms with Crippen molar-refractivity contribution in [3.63, 3.8) is 0 Å². The number of carbonyl (C=O) groups excluding carboxylic acids is 1. The molecule has 1 aromatic carbocycles. The highest BCUT2D eigenvalue weighted by atomic mass is 19.2. The maximum absolute atomic E-state index is 12.7. The SMILES string of the molecule is NCc1cc(F)c(F)cc1NC(N)=O. The number of urea groups is 1. The molecule has 2 amide bonds. The number of anilines is 1. The number of nitrogens with one attached hydrogen (secondary N) is 1. The molecule has 0 unspecified atom stereocenters. The van der Waals surface area contributed by atoms with Gasteiger partial charge in [0.1, 0.15) is 0 Å². The first-order chi connectivity index (χ1) is 6.54. The molecular formula is C8H9F2N3O. The Morgan fingerprint density at radius 2 is 1.93 bits per heavy atom. The lowest BCUT2D eigenvalue weighted by molar-refractivity contribution is 0.259. The quantitative estimate of drug-likeness (QED) is 0.664. The van der Waals surface area contributed by atoms with Gasteiger partial charge in [-0.3, -0.25) is 0 Å². The summed E-state index contributed by atoms with van der Waals surface area (Å²) in [6, 6.07) is 0.897. The standard InChI is InChI=1S/C8H9F2N3O/c9-5-1-4(3-11)7(2-6(5)10)13-8(12)14/h1-2H,3,11H2,(H3,12,13,14). The molecule has 5 N–H and O–H groups in total. The minimum atomic E-state index is -1.06. The highest BCUT2D eigenvalue weighted by molar-refractivity contribution is 5.88. The van der Waals surface area contributed by atoms with Crippen LogP contribution < -0.4 is 16.8 Å². The Bertz CT molecular complexity index is 368. The molecule has 6 heteroatoms. The van der Waals surface area contributed by atoms with Crippen molar-refractivity contribution < 1.29 is 13.6 Å². The van der Waals surface area contributed by atoms with Gasteiger partial charge in [-0.05, 0) is 11.6 Å². The summed E-state index contributed by atoms with van der Waals surface area (Å²) in [7, 11) is 0. The molecule has 0 aromatic heterocycles. The molecule has 0 radical (unpaired) electrons. The van der Waals surface area contributed by atoms with E-state index in [1.54, 1.807) is 0 Å². The molecule has 4 nitrogen and oxygen atoms in total. The largest absolute Gasteiger partial charge is 0.351 e. The second kappa shape index (κ2) is 4.01. The van der Waals surface area contributed by atoms with Crippen LogP contribution >= 0.6 is 0 Å². The topological polar surface area (TPSA) is 81.1 Å². The van der Waals surface area contributed by atoms with E-state index in [1.807, 2.05) is 0 Å². The van der Waals surface area contributed by atoms with E-state index in [4.69, 9.17) is 11.5 Å². The van der Waals surface area contributed by atoms with Gasteiger partial charge < -0.3 is 16.8 Å². The van der Waals surface area contributed by atoms with E-state index in [9.17, 15) is 13.6 Å². The van der Waals surface area contributed by atoms with Crippen LogP contribution in [0.1, 0.15) is 5.56 Å². The number of amides is 2. The van der Waals surface area contributed by atoms with Crippen LogP contribution in [0.15, 0.2) is 12.1 Å². The molecule has 0 aliphatic heterocycles. The third-order valence-electron chi connectivity index (χ3n) is 1.62. The Morgan fingerprint density at radius 3 is 2.43 bits per heavy atom. The summed E-state index contributed by atoms with van der Waals surface area (Å²) in [5.74, 6) is -2.08. The Morgan fingerprint density at radius 1 is 1.36 bits per heavy atom. The van der Waals surface area contributed by atoms with Crippen LogP contribution in [-0.4, -0.2) is 6.03 Å². The smallest absolute Gasteiger partial charge is 0.316 e. The second-order valence-electron chi connectivity index (χ2n) is 2.62. The number of nitrogens with two attached hydrogens (primary N) is 2.